The average Bonchev–Trinajstić information content (AvgIpc) is 2.58. The van der Waals surface area contributed by atoms with Crippen molar-refractivity contribution < 1.29 is 13.3 Å². The van der Waals surface area contributed by atoms with Gasteiger partial charge in [-0.05, 0) is 121 Å². The van der Waals surface area contributed by atoms with Crippen molar-refractivity contribution in [1.82, 2.24) is 28.7 Å². The van der Waals surface area contributed by atoms with Crippen molar-refractivity contribution in [2.24, 2.45) is 0 Å². The summed E-state index contributed by atoms with van der Waals surface area (Å²) in [5.41, 5.74) is 17.3. The highest BCUT2D eigenvalue weighted by Crippen LogP contribution is 2.43. The number of hydrogen-bond acceptors (Lipinski definition) is 6. The van der Waals surface area contributed by atoms with E-state index in [9.17, 15) is 0 Å². The van der Waals surface area contributed by atoms with E-state index in [-0.39, 0.29) is 0 Å². The topological polar surface area (TPSA) is 92.9 Å². The number of fused-ring (bicyclic) bond motifs is 18. The van der Waals surface area contributed by atoms with Gasteiger partial charge in [-0.1, -0.05) is 133 Å². The monoisotopic (exact) mass is 1070 g/mol. The van der Waals surface area contributed by atoms with Crippen LogP contribution in [0, 0.1) is 0 Å². The first-order chi connectivity index (χ1) is 41.6. The molecule has 0 N–H and O–H groups in total. The van der Waals surface area contributed by atoms with E-state index in [0.717, 1.165) is 165 Å². The molecule has 0 bridgehead atoms. The number of nitrogens with zero attached hydrogens (tertiary/aromatic N) is 6. The summed E-state index contributed by atoms with van der Waals surface area (Å²) in [6, 6.07) is 89.7. The molecule has 0 saturated heterocycles. The number of benzene rings is 12. The molecule has 19 aromatic rings. The van der Waals surface area contributed by atoms with Crippen LogP contribution in [0.25, 0.3) is 182 Å². The Morgan fingerprint density at radius 1 is 0.202 bits per heavy atom. The van der Waals surface area contributed by atoms with Gasteiger partial charge in [0.05, 0.1) is 33.1 Å². The molecular formula is C75H42N6O3. The van der Waals surface area contributed by atoms with Crippen molar-refractivity contribution in [3.05, 3.63) is 255 Å². The molecule has 0 amide bonds. The second-order valence-corrected chi connectivity index (χ2v) is 21.9. The van der Waals surface area contributed by atoms with Crippen LogP contribution < -0.4 is 0 Å². The van der Waals surface area contributed by atoms with Crippen molar-refractivity contribution in [3.8, 4) is 51.2 Å². The van der Waals surface area contributed by atoms with E-state index in [1.54, 1.807) is 0 Å². The Kier molecular flexibility index (Phi) is 9.15. The summed E-state index contributed by atoms with van der Waals surface area (Å²) in [4.78, 5) is 16.2. The van der Waals surface area contributed by atoms with Crippen molar-refractivity contribution in [2.75, 3.05) is 0 Å². The van der Waals surface area contributed by atoms with Gasteiger partial charge in [0.2, 0.25) is 0 Å². The summed E-state index contributed by atoms with van der Waals surface area (Å²) < 4.78 is 26.3. The van der Waals surface area contributed by atoms with Gasteiger partial charge in [-0.2, -0.15) is 0 Å². The van der Waals surface area contributed by atoms with Crippen LogP contribution in [0.15, 0.2) is 268 Å². The number of furan rings is 3. The molecule has 9 nitrogen and oxygen atoms in total. The molecule has 9 heteroatoms. The van der Waals surface area contributed by atoms with Crippen LogP contribution in [0.2, 0.25) is 0 Å². The van der Waals surface area contributed by atoms with Crippen LogP contribution in [0.5, 0.6) is 0 Å². The third kappa shape index (κ3) is 6.51. The molecule has 0 spiro atoms. The summed E-state index contributed by atoms with van der Waals surface area (Å²) in [5, 5.41) is 13.3. The zero-order valence-corrected chi connectivity index (χ0v) is 44.7. The number of aromatic nitrogens is 6. The largest absolute Gasteiger partial charge is 0.456 e. The molecule has 7 heterocycles. The molecule has 390 valence electrons. The first-order valence-corrected chi connectivity index (χ1v) is 28.2. The predicted molar refractivity (Wildman–Crippen MR) is 341 cm³/mol. The van der Waals surface area contributed by atoms with E-state index < -0.39 is 0 Å². The van der Waals surface area contributed by atoms with Crippen LogP contribution in [-0.2, 0) is 0 Å². The van der Waals surface area contributed by atoms with Gasteiger partial charge >= 0.3 is 0 Å². The van der Waals surface area contributed by atoms with E-state index in [2.05, 4.69) is 232 Å². The van der Waals surface area contributed by atoms with Crippen molar-refractivity contribution >= 4 is 131 Å². The average molecular weight is 1080 g/mol. The maximum atomic E-state index is 6.43. The maximum absolute atomic E-state index is 6.43. The van der Waals surface area contributed by atoms with Gasteiger partial charge in [0.1, 0.15) is 33.5 Å². The van der Waals surface area contributed by atoms with Gasteiger partial charge in [-0.25, -0.2) is 15.0 Å². The normalized spacial score (nSPS) is 12.3. The minimum atomic E-state index is 0.556. The fraction of sp³-hybridized carbons (Fsp3) is 0. The Bertz CT molecular complexity index is 5760. The lowest BCUT2D eigenvalue weighted by Gasteiger charge is -2.13. The first-order valence-electron chi connectivity index (χ1n) is 28.2. The number of hydrogen-bond donors (Lipinski definition) is 0. The van der Waals surface area contributed by atoms with Crippen molar-refractivity contribution in [1.29, 1.82) is 0 Å². The Balaban J connectivity index is 0.797. The van der Waals surface area contributed by atoms with Gasteiger partial charge in [0.25, 0.3) is 0 Å². The summed E-state index contributed by atoms with van der Waals surface area (Å²) in [7, 11) is 0. The van der Waals surface area contributed by atoms with Gasteiger partial charge in [-0.15, -0.1) is 0 Å². The fourth-order valence-electron chi connectivity index (χ4n) is 13.5. The zero-order valence-electron chi connectivity index (χ0n) is 44.7. The van der Waals surface area contributed by atoms with Crippen LogP contribution in [0.1, 0.15) is 0 Å². The smallest absolute Gasteiger partial charge is 0.164 e. The van der Waals surface area contributed by atoms with E-state index in [4.69, 9.17) is 28.2 Å². The third-order valence-electron chi connectivity index (χ3n) is 17.3. The summed E-state index contributed by atoms with van der Waals surface area (Å²) >= 11 is 0. The molecule has 19 rings (SSSR count). The Morgan fingerprint density at radius 2 is 0.536 bits per heavy atom. The van der Waals surface area contributed by atoms with Gasteiger partial charge in [0.15, 0.2) is 17.5 Å². The number of rotatable bonds is 6. The minimum absolute atomic E-state index is 0.556. The Labute approximate surface area is 476 Å². The van der Waals surface area contributed by atoms with Crippen LogP contribution in [0.4, 0.5) is 0 Å². The highest BCUT2D eigenvalue weighted by Gasteiger charge is 2.22. The van der Waals surface area contributed by atoms with Crippen molar-refractivity contribution in [3.63, 3.8) is 0 Å². The first kappa shape index (κ1) is 45.2. The fourth-order valence-corrected chi connectivity index (χ4v) is 13.5. The van der Waals surface area contributed by atoms with E-state index >= 15 is 0 Å². The van der Waals surface area contributed by atoms with Gasteiger partial charge < -0.3 is 27.0 Å². The molecule has 0 unspecified atom stereocenters. The highest BCUT2D eigenvalue weighted by molar-refractivity contribution is 6.20. The molecule has 0 radical (unpaired) electrons. The van der Waals surface area contributed by atoms with Gasteiger partial charge in [-0.3, -0.25) is 0 Å². The number of para-hydroxylation sites is 6. The second kappa shape index (κ2) is 17.0. The Morgan fingerprint density at radius 3 is 0.929 bits per heavy atom. The van der Waals surface area contributed by atoms with E-state index in [0.29, 0.717) is 17.5 Å². The lowest BCUT2D eigenvalue weighted by atomic mass is 10.1. The van der Waals surface area contributed by atoms with E-state index in [1.165, 1.54) is 0 Å². The molecule has 84 heavy (non-hydrogen) atoms. The predicted octanol–water partition coefficient (Wildman–Crippen LogP) is 19.9. The molecular weight excluding hydrogens is 1030 g/mol. The summed E-state index contributed by atoms with van der Waals surface area (Å²) in [6.07, 6.45) is 0. The van der Waals surface area contributed by atoms with Gasteiger partial charge in [0, 0.05) is 98.4 Å². The lowest BCUT2D eigenvalue weighted by molar-refractivity contribution is 0.669. The molecule has 0 atom stereocenters. The Hall–Kier alpha value is -11.6. The highest BCUT2D eigenvalue weighted by atomic mass is 16.3. The van der Waals surface area contributed by atoms with Crippen molar-refractivity contribution in [2.45, 2.75) is 0 Å². The molecule has 0 saturated carbocycles. The van der Waals surface area contributed by atoms with Crippen LogP contribution >= 0.6 is 0 Å². The molecule has 0 aliphatic rings. The van der Waals surface area contributed by atoms with Crippen LogP contribution in [-0.4, -0.2) is 28.7 Å². The molecule has 0 aliphatic heterocycles. The summed E-state index contributed by atoms with van der Waals surface area (Å²) in [6.45, 7) is 0. The standard InChI is InChI=1S/C75H42N6O3/c1-7-25-61-49(19-1)55-40-70-58(52-22-4-10-28-67(52)82-70)37-64(55)79(61)46-33-31-43(32-34-46)73-76-74(44-15-13-17-47(35-44)80-62-26-8-2-20-50(62)56-41-71-59(38-65(56)80)53-23-5-11-29-68(53)83-71)78-75(77-73)45-16-14-18-48(36-45)81-63-27-9-3-21-51(63)57-42-72-60(39-66(57)81)54-24-6-12-30-69(54)84-72/h1-42H. The molecule has 0 aliphatic carbocycles. The maximum Gasteiger partial charge on any atom is 0.164 e. The second-order valence-electron chi connectivity index (χ2n) is 21.9. The van der Waals surface area contributed by atoms with Crippen LogP contribution in [0.3, 0.4) is 0 Å². The third-order valence-corrected chi connectivity index (χ3v) is 17.3. The SMILES string of the molecule is c1cc(-c2nc(-c3ccc(-n4c5ccccc5c5cc6oc7ccccc7c6cc54)cc3)nc(-c3cccc(-n4c5ccccc5c5cc6oc7ccccc7c6cc54)c3)n2)cc(-n2c3ccccc3c3cc4oc5ccccc5c4cc32)c1. The molecule has 7 aromatic heterocycles. The minimum Gasteiger partial charge on any atom is -0.456 e. The quantitative estimate of drug-likeness (QED) is 0.165. The lowest BCUT2D eigenvalue weighted by Crippen LogP contribution is -2.02. The van der Waals surface area contributed by atoms with E-state index in [1.807, 2.05) is 36.4 Å². The summed E-state index contributed by atoms with van der Waals surface area (Å²) in [5.74, 6) is 1.67. The zero-order chi connectivity index (χ0) is 54.7. The molecule has 0 fully saturated rings. The molecule has 12 aromatic carbocycles.